The van der Waals surface area contributed by atoms with Crippen LogP contribution < -0.4 is 14.2 Å². The van der Waals surface area contributed by atoms with Gasteiger partial charge in [0.05, 0.1) is 27.9 Å². The molecule has 1 aromatic rings. The molecule has 1 aromatic carbocycles. The van der Waals surface area contributed by atoms with E-state index in [-0.39, 0.29) is 6.04 Å². The first-order chi connectivity index (χ1) is 10.6. The Morgan fingerprint density at radius 1 is 1.23 bits per heavy atom. The van der Waals surface area contributed by atoms with E-state index in [2.05, 4.69) is 17.4 Å². The first-order valence-corrected chi connectivity index (χ1v) is 7.14. The molecule has 0 spiro atoms. The highest BCUT2D eigenvalue weighted by Crippen LogP contribution is 2.38. The molecule has 0 aliphatic heterocycles. The van der Waals surface area contributed by atoms with E-state index in [1.165, 1.54) is 0 Å². The van der Waals surface area contributed by atoms with E-state index in [1.807, 2.05) is 25.3 Å². The molecule has 120 valence electrons. The molecule has 0 saturated heterocycles. The monoisotopic (exact) mass is 303 g/mol. The summed E-state index contributed by atoms with van der Waals surface area (Å²) in [7, 11) is 6.85. The molecule has 0 aliphatic carbocycles. The van der Waals surface area contributed by atoms with Gasteiger partial charge in [-0.15, -0.1) is 13.0 Å². The second kappa shape index (κ2) is 9.01. The van der Waals surface area contributed by atoms with Crippen molar-refractivity contribution in [2.45, 2.75) is 18.9 Å². The van der Waals surface area contributed by atoms with E-state index in [4.69, 9.17) is 20.6 Å². The summed E-state index contributed by atoms with van der Waals surface area (Å²) in [6, 6.07) is 4.22. The van der Waals surface area contributed by atoms with Crippen molar-refractivity contribution in [3.63, 3.8) is 0 Å². The molecule has 1 atom stereocenters. The summed E-state index contributed by atoms with van der Waals surface area (Å²) in [5.74, 6) is 4.60. The van der Waals surface area contributed by atoms with Crippen molar-refractivity contribution in [1.82, 2.24) is 4.90 Å². The normalized spacial score (nSPS) is 11.6. The first kappa shape index (κ1) is 17.9. The Morgan fingerprint density at radius 2 is 1.82 bits per heavy atom. The number of rotatable bonds is 9. The number of nitrogens with zero attached hydrogens (tertiary/aromatic N) is 1. The molecule has 0 bridgehead atoms. The van der Waals surface area contributed by atoms with Crippen molar-refractivity contribution >= 4 is 0 Å². The van der Waals surface area contributed by atoms with Gasteiger partial charge < -0.3 is 14.2 Å². The minimum atomic E-state index is 0.274. The van der Waals surface area contributed by atoms with Crippen LogP contribution in [0.15, 0.2) is 24.8 Å². The smallest absolute Gasteiger partial charge is 0.203 e. The Hall–Kier alpha value is -2.12. The van der Waals surface area contributed by atoms with Gasteiger partial charge in [0, 0.05) is 6.04 Å². The van der Waals surface area contributed by atoms with Crippen LogP contribution in [0.2, 0.25) is 0 Å². The van der Waals surface area contributed by atoms with Gasteiger partial charge in [-0.1, -0.05) is 12.0 Å². The molecule has 0 N–H and O–H groups in total. The summed E-state index contributed by atoms with van der Waals surface area (Å²) in [6.45, 7) is 4.43. The maximum absolute atomic E-state index is 5.41. The molecular weight excluding hydrogens is 278 g/mol. The minimum Gasteiger partial charge on any atom is -0.493 e. The number of ether oxygens (including phenoxy) is 3. The predicted octanol–water partition coefficient (Wildman–Crippen LogP) is 2.76. The molecule has 4 nitrogen and oxygen atoms in total. The molecule has 4 heteroatoms. The third-order valence-corrected chi connectivity index (χ3v) is 3.60. The van der Waals surface area contributed by atoms with Crippen molar-refractivity contribution in [3.05, 3.63) is 30.4 Å². The Bertz CT molecular complexity index is 509. The topological polar surface area (TPSA) is 30.9 Å². The fourth-order valence-electron chi connectivity index (χ4n) is 2.41. The molecule has 0 aliphatic rings. The van der Waals surface area contributed by atoms with E-state index < -0.39 is 0 Å². The fraction of sp³-hybridized carbons (Fsp3) is 0.444. The lowest BCUT2D eigenvalue weighted by molar-refractivity contribution is 0.268. The van der Waals surface area contributed by atoms with Gasteiger partial charge in [-0.05, 0) is 37.6 Å². The lowest BCUT2D eigenvalue weighted by Crippen LogP contribution is -2.33. The second-order valence-corrected chi connectivity index (χ2v) is 5.04. The standard InChI is InChI=1S/C18H25NO3/c1-7-9-15(19(3)10-8-2)11-14-12-16(20-4)18(22-6)17(13-14)21-5/h2,7,12-13,15H,1,9-11H2,3-6H3/t15-/m1/s1. The fourth-order valence-corrected chi connectivity index (χ4v) is 2.41. The van der Waals surface area contributed by atoms with Crippen LogP contribution in [-0.2, 0) is 6.42 Å². The Morgan fingerprint density at radius 3 is 2.23 bits per heavy atom. The third kappa shape index (κ3) is 4.44. The van der Waals surface area contributed by atoms with E-state index >= 15 is 0 Å². The largest absolute Gasteiger partial charge is 0.493 e. The van der Waals surface area contributed by atoms with Gasteiger partial charge in [-0.3, -0.25) is 4.90 Å². The molecule has 0 fully saturated rings. The molecule has 1 rings (SSSR count). The van der Waals surface area contributed by atoms with Crippen molar-refractivity contribution in [3.8, 4) is 29.6 Å². The van der Waals surface area contributed by atoms with Gasteiger partial charge in [0.1, 0.15) is 0 Å². The van der Waals surface area contributed by atoms with E-state index in [0.717, 1.165) is 18.4 Å². The summed E-state index contributed by atoms with van der Waals surface area (Å²) < 4.78 is 16.1. The van der Waals surface area contributed by atoms with Gasteiger partial charge in [-0.25, -0.2) is 0 Å². The summed E-state index contributed by atoms with van der Waals surface area (Å²) in [6.07, 6.45) is 9.00. The third-order valence-electron chi connectivity index (χ3n) is 3.60. The van der Waals surface area contributed by atoms with Crippen LogP contribution >= 0.6 is 0 Å². The van der Waals surface area contributed by atoms with Gasteiger partial charge in [0.2, 0.25) is 5.75 Å². The zero-order valence-corrected chi connectivity index (χ0v) is 13.9. The van der Waals surface area contributed by atoms with Gasteiger partial charge in [0.25, 0.3) is 0 Å². The number of hydrogen-bond donors (Lipinski definition) is 0. The second-order valence-electron chi connectivity index (χ2n) is 5.04. The van der Waals surface area contributed by atoms with Crippen molar-refractivity contribution in [2.24, 2.45) is 0 Å². The van der Waals surface area contributed by atoms with Crippen molar-refractivity contribution in [2.75, 3.05) is 34.9 Å². The lowest BCUT2D eigenvalue weighted by atomic mass is 10.0. The van der Waals surface area contributed by atoms with Crippen LogP contribution in [0.5, 0.6) is 17.2 Å². The average Bonchev–Trinajstić information content (AvgIpc) is 2.53. The van der Waals surface area contributed by atoms with E-state index in [9.17, 15) is 0 Å². The molecule has 22 heavy (non-hydrogen) atoms. The molecule has 0 aromatic heterocycles. The number of methoxy groups -OCH3 is 3. The highest BCUT2D eigenvalue weighted by Gasteiger charge is 2.18. The van der Waals surface area contributed by atoms with E-state index in [0.29, 0.717) is 23.8 Å². The number of benzene rings is 1. The number of likely N-dealkylation sites (N-methyl/N-ethyl adjacent to an activating group) is 1. The number of hydrogen-bond acceptors (Lipinski definition) is 4. The van der Waals surface area contributed by atoms with Crippen LogP contribution in [0.1, 0.15) is 12.0 Å². The Balaban J connectivity index is 3.09. The molecule has 0 saturated carbocycles. The van der Waals surface area contributed by atoms with Gasteiger partial charge in [-0.2, -0.15) is 0 Å². The van der Waals surface area contributed by atoms with Crippen LogP contribution in [0.4, 0.5) is 0 Å². The minimum absolute atomic E-state index is 0.274. The maximum Gasteiger partial charge on any atom is 0.203 e. The van der Waals surface area contributed by atoms with Crippen LogP contribution in [-0.4, -0.2) is 45.9 Å². The lowest BCUT2D eigenvalue weighted by Gasteiger charge is -2.26. The van der Waals surface area contributed by atoms with Gasteiger partial charge in [0.15, 0.2) is 11.5 Å². The summed E-state index contributed by atoms with van der Waals surface area (Å²) in [4.78, 5) is 2.14. The molecule has 0 radical (unpaired) electrons. The Labute approximate surface area is 133 Å². The zero-order valence-electron chi connectivity index (χ0n) is 13.9. The molecule has 0 amide bonds. The first-order valence-electron chi connectivity index (χ1n) is 7.14. The highest BCUT2D eigenvalue weighted by atomic mass is 16.5. The quantitative estimate of drug-likeness (QED) is 0.518. The van der Waals surface area contributed by atoms with Crippen molar-refractivity contribution in [1.29, 1.82) is 0 Å². The van der Waals surface area contributed by atoms with Crippen molar-refractivity contribution < 1.29 is 14.2 Å². The molecular formula is C18H25NO3. The summed E-state index contributed by atoms with van der Waals surface area (Å²) >= 11 is 0. The molecule has 0 heterocycles. The van der Waals surface area contributed by atoms with Crippen LogP contribution in [0.25, 0.3) is 0 Å². The van der Waals surface area contributed by atoms with E-state index in [1.54, 1.807) is 21.3 Å². The Kier molecular flexibility index (Phi) is 7.34. The van der Waals surface area contributed by atoms with Crippen LogP contribution in [0, 0.1) is 12.3 Å². The summed E-state index contributed by atoms with van der Waals surface area (Å²) in [5.41, 5.74) is 1.10. The number of terminal acetylenes is 1. The van der Waals surface area contributed by atoms with Gasteiger partial charge >= 0.3 is 0 Å². The van der Waals surface area contributed by atoms with Crippen LogP contribution in [0.3, 0.4) is 0 Å². The SMILES string of the molecule is C#CCN(C)[C@H](CC=C)Cc1cc(OC)c(OC)c(OC)c1. The zero-order chi connectivity index (χ0) is 16.5. The summed E-state index contributed by atoms with van der Waals surface area (Å²) in [5, 5.41) is 0. The molecule has 0 unspecified atom stereocenters. The average molecular weight is 303 g/mol. The predicted molar refractivity (Wildman–Crippen MR) is 89.9 cm³/mol. The maximum atomic E-state index is 5.41. The highest BCUT2D eigenvalue weighted by molar-refractivity contribution is 5.54.